The van der Waals surface area contributed by atoms with Gasteiger partial charge in [-0.1, -0.05) is 25.2 Å². The van der Waals surface area contributed by atoms with Gasteiger partial charge >= 0.3 is 13.4 Å². The minimum absolute atomic E-state index is 0.0783. The molecule has 1 saturated heterocycles. The number of fused-ring (bicyclic) bond motifs is 2. The molecule has 194 valence electrons. The number of cyclic esters (lactones) is 1. The molecular weight excluding hydrogens is 465 g/mol. The highest BCUT2D eigenvalue weighted by atomic mass is 16.8. The van der Waals surface area contributed by atoms with Crippen molar-refractivity contribution in [3.63, 3.8) is 0 Å². The molecule has 2 heterocycles. The third kappa shape index (κ3) is 6.63. The molecule has 0 spiro atoms. The van der Waals surface area contributed by atoms with Crippen LogP contribution in [0.2, 0.25) is 0 Å². The van der Waals surface area contributed by atoms with Gasteiger partial charge in [-0.3, -0.25) is 4.79 Å². The number of hydrogen-bond donors (Lipinski definition) is 0. The van der Waals surface area contributed by atoms with E-state index in [4.69, 9.17) is 23.7 Å². The topological polar surface area (TPSA) is 101 Å². The number of anilines is 1. The van der Waals surface area contributed by atoms with Gasteiger partial charge in [0.1, 0.15) is 29.7 Å². The van der Waals surface area contributed by atoms with Crippen LogP contribution in [-0.4, -0.2) is 70.4 Å². The monoisotopic (exact) mass is 499 g/mol. The zero-order valence-electron chi connectivity index (χ0n) is 21.7. The van der Waals surface area contributed by atoms with Crippen LogP contribution in [0.15, 0.2) is 30.4 Å². The first kappa shape index (κ1) is 27.6. The summed E-state index contributed by atoms with van der Waals surface area (Å²) in [6, 6.07) is 3.47. The maximum atomic E-state index is 13.4. The molecule has 0 aromatic heterocycles. The van der Waals surface area contributed by atoms with Crippen molar-refractivity contribution in [1.29, 1.82) is 0 Å². The minimum Gasteiger partial charge on any atom is -0.467 e. The summed E-state index contributed by atoms with van der Waals surface area (Å²) in [5.41, 5.74) is 1.45. The van der Waals surface area contributed by atoms with E-state index in [1.54, 1.807) is 56.9 Å². The van der Waals surface area contributed by atoms with E-state index >= 15 is 0 Å². The zero-order chi connectivity index (χ0) is 26.5. The third-order valence-corrected chi connectivity index (χ3v) is 6.17. The van der Waals surface area contributed by atoms with Crippen molar-refractivity contribution in [2.75, 3.05) is 25.8 Å². The van der Waals surface area contributed by atoms with Gasteiger partial charge in [0.05, 0.1) is 6.10 Å². The molecular formula is C26H34BNO8. The summed E-state index contributed by atoms with van der Waals surface area (Å²) in [7, 11) is 3.40. The highest BCUT2D eigenvalue weighted by molar-refractivity contribution is 6.70. The fourth-order valence-electron chi connectivity index (χ4n) is 4.06. The van der Waals surface area contributed by atoms with Crippen molar-refractivity contribution < 1.29 is 38.1 Å². The molecule has 0 N–H and O–H groups in total. The van der Waals surface area contributed by atoms with Crippen molar-refractivity contribution in [2.45, 2.75) is 58.2 Å². The van der Waals surface area contributed by atoms with E-state index in [1.807, 2.05) is 13.0 Å². The maximum Gasteiger partial charge on any atom is 0.342 e. The molecule has 4 atom stereocenters. The molecule has 2 aliphatic heterocycles. The fourth-order valence-corrected chi connectivity index (χ4v) is 4.06. The third-order valence-electron chi connectivity index (χ3n) is 6.17. The van der Waals surface area contributed by atoms with E-state index in [-0.39, 0.29) is 37.2 Å². The predicted octanol–water partition coefficient (Wildman–Crippen LogP) is 2.89. The number of hydrogen-bond acceptors (Lipinski definition) is 9. The molecule has 36 heavy (non-hydrogen) atoms. The van der Waals surface area contributed by atoms with Gasteiger partial charge in [-0.15, -0.1) is 0 Å². The lowest BCUT2D eigenvalue weighted by Crippen LogP contribution is -2.30. The Kier molecular flexibility index (Phi) is 9.11. The summed E-state index contributed by atoms with van der Waals surface area (Å²) in [5.74, 6) is -1.64. The Bertz CT molecular complexity index is 1040. The summed E-state index contributed by atoms with van der Waals surface area (Å²) < 4.78 is 28.5. The predicted molar refractivity (Wildman–Crippen MR) is 137 cm³/mol. The van der Waals surface area contributed by atoms with E-state index in [9.17, 15) is 14.4 Å². The summed E-state index contributed by atoms with van der Waals surface area (Å²) in [5, 5.41) is 0. The van der Waals surface area contributed by atoms with Crippen molar-refractivity contribution in [3.8, 4) is 5.75 Å². The Morgan fingerprint density at radius 3 is 2.64 bits per heavy atom. The zero-order valence-corrected chi connectivity index (χ0v) is 21.7. The number of nitrogens with zero attached hydrogens (tertiary/aromatic N) is 1. The molecule has 0 radical (unpaired) electrons. The second-order valence-corrected chi connectivity index (χ2v) is 9.47. The van der Waals surface area contributed by atoms with Crippen LogP contribution in [0, 0.1) is 5.92 Å². The Hall–Kier alpha value is -2.95. The molecule has 0 unspecified atom stereocenters. The number of rotatable bonds is 6. The SMILES string of the molecule is COCOc1cc(N(C)BC=O)cc2c1C(=O)O[C@@H](C)[C@H](C)/C=C\C(=O)[C@H]1OC(C)(C)O[C@H]1C/C=C/2. The quantitative estimate of drug-likeness (QED) is 0.253. The first-order valence-electron chi connectivity index (χ1n) is 12.0. The molecule has 1 aromatic carbocycles. The lowest BCUT2D eigenvalue weighted by atomic mass is 9.93. The Morgan fingerprint density at radius 1 is 1.19 bits per heavy atom. The average Bonchev–Trinajstić information content (AvgIpc) is 3.14. The van der Waals surface area contributed by atoms with Crippen LogP contribution in [0.25, 0.3) is 6.08 Å². The van der Waals surface area contributed by atoms with Crippen LogP contribution in [-0.2, 0) is 28.5 Å². The number of methoxy groups -OCH3 is 1. The van der Waals surface area contributed by atoms with Gasteiger partial charge in [0.25, 0.3) is 0 Å². The van der Waals surface area contributed by atoms with Crippen LogP contribution in [0.5, 0.6) is 5.75 Å². The van der Waals surface area contributed by atoms with Crippen LogP contribution in [0.1, 0.15) is 50.0 Å². The van der Waals surface area contributed by atoms with Crippen LogP contribution in [0.3, 0.4) is 0 Å². The van der Waals surface area contributed by atoms with Gasteiger partial charge in [0, 0.05) is 24.8 Å². The Labute approximate surface area is 212 Å². The van der Waals surface area contributed by atoms with E-state index < -0.39 is 30.1 Å². The maximum absolute atomic E-state index is 13.4. The summed E-state index contributed by atoms with van der Waals surface area (Å²) in [6.45, 7) is 7.10. The molecule has 0 bridgehead atoms. The van der Waals surface area contributed by atoms with Crippen molar-refractivity contribution in [2.24, 2.45) is 5.92 Å². The van der Waals surface area contributed by atoms with Crippen molar-refractivity contribution >= 4 is 37.1 Å². The van der Waals surface area contributed by atoms with E-state index in [1.165, 1.54) is 13.2 Å². The first-order chi connectivity index (χ1) is 17.1. The lowest BCUT2D eigenvalue weighted by Gasteiger charge is -2.23. The van der Waals surface area contributed by atoms with E-state index in [0.29, 0.717) is 17.7 Å². The van der Waals surface area contributed by atoms with E-state index in [0.717, 1.165) is 6.19 Å². The van der Waals surface area contributed by atoms with E-state index in [2.05, 4.69) is 0 Å². The number of benzene rings is 1. The van der Waals surface area contributed by atoms with Gasteiger partial charge in [-0.05, 0) is 51.9 Å². The number of esters is 1. The van der Waals surface area contributed by atoms with Crippen LogP contribution >= 0.6 is 0 Å². The largest absolute Gasteiger partial charge is 0.467 e. The molecule has 2 aliphatic rings. The van der Waals surface area contributed by atoms with Crippen molar-refractivity contribution in [1.82, 2.24) is 0 Å². The van der Waals surface area contributed by atoms with Crippen LogP contribution in [0.4, 0.5) is 5.69 Å². The number of carbonyl (C=O) groups excluding carboxylic acids is 3. The summed E-state index contributed by atoms with van der Waals surface area (Å²) in [6.07, 6.45) is 6.17. The number of ether oxygens (including phenoxy) is 5. The smallest absolute Gasteiger partial charge is 0.342 e. The second kappa shape index (κ2) is 11.9. The standard InChI is InChI=1S/C26H34BNO8/c1-16-10-11-20(30)24-21(35-26(3,4)36-24)9-7-8-18-12-19(28(5)27-14-29)13-22(33-15-32-6)23(18)25(31)34-17(16)2/h7-8,10-14,16-17,21,24,27H,9,15H2,1-6H3/b8-7+,11-10-/t16-,17+,21+,24-/m1/s1. The number of ketones is 1. The summed E-state index contributed by atoms with van der Waals surface area (Å²) >= 11 is 0. The van der Waals surface area contributed by atoms with Gasteiger partial charge in [0.15, 0.2) is 18.4 Å². The fraction of sp³-hybridized carbons (Fsp3) is 0.500. The average molecular weight is 499 g/mol. The molecule has 0 amide bonds. The number of carbonyl (C=O) groups is 3. The highest BCUT2D eigenvalue weighted by Gasteiger charge is 2.43. The normalized spacial score (nSPS) is 27.6. The second-order valence-electron chi connectivity index (χ2n) is 9.47. The minimum atomic E-state index is -0.900. The van der Waals surface area contributed by atoms with Gasteiger partial charge in [-0.2, -0.15) is 0 Å². The first-order valence-corrected chi connectivity index (χ1v) is 12.0. The van der Waals surface area contributed by atoms with Gasteiger partial charge in [0.2, 0.25) is 0 Å². The molecule has 9 nitrogen and oxygen atoms in total. The molecule has 0 saturated carbocycles. The molecule has 10 heteroatoms. The summed E-state index contributed by atoms with van der Waals surface area (Å²) in [4.78, 5) is 39.1. The van der Waals surface area contributed by atoms with Crippen LogP contribution < -0.4 is 9.55 Å². The molecule has 3 rings (SSSR count). The Balaban J connectivity index is 2.11. The highest BCUT2D eigenvalue weighted by Crippen LogP contribution is 2.34. The Morgan fingerprint density at radius 2 is 1.94 bits per heavy atom. The molecule has 1 fully saturated rings. The molecule has 0 aliphatic carbocycles. The van der Waals surface area contributed by atoms with Crippen molar-refractivity contribution in [3.05, 3.63) is 41.5 Å². The van der Waals surface area contributed by atoms with Gasteiger partial charge < -0.3 is 33.3 Å². The molecule has 1 aromatic rings. The van der Waals surface area contributed by atoms with Gasteiger partial charge in [-0.25, -0.2) is 4.79 Å². The lowest BCUT2D eigenvalue weighted by molar-refractivity contribution is -0.152.